The number of thiophene rings is 1. The van der Waals surface area contributed by atoms with Crippen LogP contribution in [0.4, 0.5) is 0 Å². The molecule has 0 fully saturated rings. The van der Waals surface area contributed by atoms with Gasteiger partial charge < -0.3 is 9.63 Å². The fourth-order valence-electron chi connectivity index (χ4n) is 3.39. The average molecular weight is 340 g/mol. The first kappa shape index (κ1) is 15.4. The van der Waals surface area contributed by atoms with E-state index < -0.39 is 0 Å². The van der Waals surface area contributed by atoms with Crippen molar-refractivity contribution in [2.75, 3.05) is 0 Å². The van der Waals surface area contributed by atoms with Crippen LogP contribution in [0.3, 0.4) is 0 Å². The number of aromatic hydroxyl groups is 1. The Morgan fingerprint density at radius 3 is 2.58 bits per heavy atom. The number of phenolic OH excluding ortho intramolecular Hbond substituents is 1. The third kappa shape index (κ3) is 2.53. The van der Waals surface area contributed by atoms with Crippen LogP contribution in [0.1, 0.15) is 29.9 Å². The normalized spacial score (nSPS) is 16.8. The molecule has 2 aromatic heterocycles. The molecule has 0 spiro atoms. The second kappa shape index (κ2) is 5.74. The minimum Gasteiger partial charge on any atom is -0.508 e. The molecule has 0 unspecified atom stereocenters. The highest BCUT2D eigenvalue weighted by atomic mass is 32.1. The van der Waals surface area contributed by atoms with Gasteiger partial charge in [0.15, 0.2) is 0 Å². The van der Waals surface area contributed by atoms with Gasteiger partial charge in [0, 0.05) is 10.4 Å². The van der Waals surface area contributed by atoms with Crippen molar-refractivity contribution in [2.45, 2.75) is 33.6 Å². The molecule has 0 aliphatic heterocycles. The van der Waals surface area contributed by atoms with Crippen molar-refractivity contribution in [3.63, 3.8) is 0 Å². The molecule has 1 N–H and O–H groups in total. The molecule has 1 aliphatic rings. The minimum atomic E-state index is 0.230. The highest BCUT2D eigenvalue weighted by molar-refractivity contribution is 7.15. The van der Waals surface area contributed by atoms with Gasteiger partial charge in [-0.3, -0.25) is 0 Å². The van der Waals surface area contributed by atoms with Crippen LogP contribution in [0.25, 0.3) is 22.2 Å². The Hall–Kier alpha value is -2.14. The maximum atomic E-state index is 9.40. The van der Waals surface area contributed by atoms with E-state index >= 15 is 0 Å². The van der Waals surface area contributed by atoms with Gasteiger partial charge in [0.05, 0.1) is 4.88 Å². The second-order valence-corrected chi connectivity index (χ2v) is 8.05. The number of rotatable bonds is 3. The molecular weight excluding hydrogens is 320 g/mol. The van der Waals surface area contributed by atoms with Crippen molar-refractivity contribution in [2.24, 2.45) is 11.8 Å². The van der Waals surface area contributed by atoms with E-state index in [1.807, 2.05) is 0 Å². The molecule has 3 aromatic rings. The van der Waals surface area contributed by atoms with Crippen molar-refractivity contribution in [3.8, 4) is 27.9 Å². The van der Waals surface area contributed by atoms with Crippen molar-refractivity contribution in [1.29, 1.82) is 0 Å². The average Bonchev–Trinajstić information content (AvgIpc) is 3.25. The van der Waals surface area contributed by atoms with Gasteiger partial charge >= 0.3 is 0 Å². The lowest BCUT2D eigenvalue weighted by Crippen LogP contribution is -2.08. The van der Waals surface area contributed by atoms with E-state index in [2.05, 4.69) is 30.9 Å². The maximum absolute atomic E-state index is 9.40. The highest BCUT2D eigenvalue weighted by Gasteiger charge is 2.31. The van der Waals surface area contributed by atoms with Crippen LogP contribution < -0.4 is 0 Å². The van der Waals surface area contributed by atoms with Crippen LogP contribution in [-0.2, 0) is 12.8 Å². The van der Waals surface area contributed by atoms with Gasteiger partial charge in [-0.1, -0.05) is 19.0 Å². The summed E-state index contributed by atoms with van der Waals surface area (Å²) in [7, 11) is 0. The molecule has 0 saturated carbocycles. The van der Waals surface area contributed by atoms with Gasteiger partial charge in [0.25, 0.3) is 5.89 Å². The fraction of sp³-hybridized carbons (Fsp3) is 0.368. The Labute approximate surface area is 145 Å². The first-order valence-electron chi connectivity index (χ1n) is 8.27. The number of hydrogen-bond donors (Lipinski definition) is 1. The summed E-state index contributed by atoms with van der Waals surface area (Å²) < 4.78 is 5.56. The zero-order valence-corrected chi connectivity index (χ0v) is 14.9. The Morgan fingerprint density at radius 1 is 1.17 bits per heavy atom. The second-order valence-electron chi connectivity index (χ2n) is 6.83. The largest absolute Gasteiger partial charge is 0.508 e. The molecule has 0 bridgehead atoms. The number of nitrogens with zero attached hydrogens (tertiary/aromatic N) is 2. The number of aromatic nitrogens is 2. The van der Waals surface area contributed by atoms with Gasteiger partial charge in [-0.15, -0.1) is 11.3 Å². The number of hydrogen-bond acceptors (Lipinski definition) is 5. The Morgan fingerprint density at radius 2 is 1.88 bits per heavy atom. The summed E-state index contributed by atoms with van der Waals surface area (Å²) in [6.45, 7) is 6.78. The molecule has 4 nitrogen and oxygen atoms in total. The Kier molecular flexibility index (Phi) is 3.68. The van der Waals surface area contributed by atoms with Crippen LogP contribution >= 0.6 is 11.3 Å². The van der Waals surface area contributed by atoms with Gasteiger partial charge in [0.2, 0.25) is 5.82 Å². The summed E-state index contributed by atoms with van der Waals surface area (Å²) in [5.74, 6) is 2.79. The minimum absolute atomic E-state index is 0.230. The molecule has 24 heavy (non-hydrogen) atoms. The molecule has 2 heterocycles. The molecule has 5 heteroatoms. The van der Waals surface area contributed by atoms with E-state index in [1.54, 1.807) is 35.6 Å². The zero-order valence-electron chi connectivity index (χ0n) is 14.0. The van der Waals surface area contributed by atoms with E-state index in [4.69, 9.17) is 4.52 Å². The van der Waals surface area contributed by atoms with Crippen molar-refractivity contribution in [3.05, 3.63) is 40.3 Å². The summed E-state index contributed by atoms with van der Waals surface area (Å²) in [6, 6.07) is 6.85. The molecule has 1 atom stereocenters. The summed E-state index contributed by atoms with van der Waals surface area (Å²) >= 11 is 1.76. The molecule has 124 valence electrons. The monoisotopic (exact) mass is 340 g/mol. The molecule has 0 saturated heterocycles. The van der Waals surface area contributed by atoms with Gasteiger partial charge in [-0.2, -0.15) is 4.98 Å². The van der Waals surface area contributed by atoms with Crippen LogP contribution in [0, 0.1) is 18.8 Å². The fourth-order valence-corrected chi connectivity index (χ4v) is 4.53. The van der Waals surface area contributed by atoms with E-state index in [0.29, 0.717) is 23.6 Å². The Balaban J connectivity index is 1.69. The molecular formula is C19H20N2O2S. The van der Waals surface area contributed by atoms with E-state index in [0.717, 1.165) is 23.3 Å². The number of phenols is 1. The van der Waals surface area contributed by atoms with E-state index in [9.17, 15) is 5.11 Å². The topological polar surface area (TPSA) is 59.2 Å². The number of benzene rings is 1. The summed E-state index contributed by atoms with van der Waals surface area (Å²) in [5, 5.41) is 13.5. The van der Waals surface area contributed by atoms with Crippen LogP contribution in [0.2, 0.25) is 0 Å². The van der Waals surface area contributed by atoms with Gasteiger partial charge in [-0.05, 0) is 67.0 Å². The Bertz CT molecular complexity index is 877. The van der Waals surface area contributed by atoms with Crippen molar-refractivity contribution < 1.29 is 9.63 Å². The molecule has 1 aliphatic carbocycles. The quantitative estimate of drug-likeness (QED) is 0.740. The molecule has 0 amide bonds. The standard InChI is InChI=1S/C19H20N2O2S/c1-10(2)13-8-15-11(3)24-17(16(15)9-13)19-20-18(21-23-19)12-4-6-14(22)7-5-12/h4-7,10,13,22H,8-9H2,1-3H3/t13-/m0/s1. The van der Waals surface area contributed by atoms with Crippen molar-refractivity contribution in [1.82, 2.24) is 10.1 Å². The third-order valence-electron chi connectivity index (χ3n) is 4.94. The lowest BCUT2D eigenvalue weighted by atomic mass is 9.93. The lowest BCUT2D eigenvalue weighted by molar-refractivity contribution is 0.403. The molecule has 0 radical (unpaired) electrons. The third-order valence-corrected chi connectivity index (χ3v) is 6.12. The smallest absolute Gasteiger partial charge is 0.268 e. The van der Waals surface area contributed by atoms with Gasteiger partial charge in [0.1, 0.15) is 5.75 Å². The predicted octanol–water partition coefficient (Wildman–Crippen LogP) is 4.85. The van der Waals surface area contributed by atoms with Crippen molar-refractivity contribution >= 4 is 11.3 Å². The van der Waals surface area contributed by atoms with Crippen LogP contribution in [-0.4, -0.2) is 15.2 Å². The first-order chi connectivity index (χ1) is 11.5. The summed E-state index contributed by atoms with van der Waals surface area (Å²) in [4.78, 5) is 7.09. The summed E-state index contributed by atoms with van der Waals surface area (Å²) in [5.41, 5.74) is 3.72. The van der Waals surface area contributed by atoms with Crippen LogP contribution in [0.15, 0.2) is 28.8 Å². The highest BCUT2D eigenvalue weighted by Crippen LogP contribution is 2.44. The predicted molar refractivity (Wildman–Crippen MR) is 95.2 cm³/mol. The summed E-state index contributed by atoms with van der Waals surface area (Å²) in [6.07, 6.45) is 2.26. The number of aryl methyl sites for hydroxylation is 1. The first-order valence-corrected chi connectivity index (χ1v) is 9.09. The van der Waals surface area contributed by atoms with E-state index in [-0.39, 0.29) is 5.75 Å². The SMILES string of the molecule is Cc1sc(-c2nc(-c3ccc(O)cc3)no2)c2c1C[C@H](C(C)C)C2. The van der Waals surface area contributed by atoms with Gasteiger partial charge in [-0.25, -0.2) is 0 Å². The maximum Gasteiger partial charge on any atom is 0.268 e. The van der Waals surface area contributed by atoms with Crippen LogP contribution in [0.5, 0.6) is 5.75 Å². The van der Waals surface area contributed by atoms with E-state index in [1.165, 1.54) is 16.0 Å². The molecule has 4 rings (SSSR count). The number of fused-ring (bicyclic) bond motifs is 1. The molecule has 1 aromatic carbocycles. The lowest BCUT2D eigenvalue weighted by Gasteiger charge is -2.13. The zero-order chi connectivity index (χ0) is 16.8.